The van der Waals surface area contributed by atoms with E-state index in [0.29, 0.717) is 17.2 Å². The SMILES string of the molecule is COc1ccc(C)c2sc(N(CCCN(C)C)C(=O)c3c[nH]c4ccccc34)nc12.Cl. The summed E-state index contributed by atoms with van der Waals surface area (Å²) in [4.78, 5) is 25.6. The molecule has 2 aromatic carbocycles. The molecule has 6 nitrogen and oxygen atoms in total. The predicted molar refractivity (Wildman–Crippen MR) is 131 cm³/mol. The number of H-pyrrole nitrogens is 1. The van der Waals surface area contributed by atoms with Crippen LogP contribution in [0.2, 0.25) is 0 Å². The van der Waals surface area contributed by atoms with Crippen molar-refractivity contribution in [2.45, 2.75) is 13.3 Å². The molecule has 0 bridgehead atoms. The number of nitrogens with one attached hydrogen (secondary N) is 1. The number of amides is 1. The summed E-state index contributed by atoms with van der Waals surface area (Å²) in [6.07, 6.45) is 2.65. The van der Waals surface area contributed by atoms with E-state index in [4.69, 9.17) is 9.72 Å². The first-order valence-corrected chi connectivity index (χ1v) is 10.8. The van der Waals surface area contributed by atoms with Crippen molar-refractivity contribution in [2.24, 2.45) is 0 Å². The molecule has 1 N–H and O–H groups in total. The third-order valence-electron chi connectivity index (χ3n) is 5.19. The highest BCUT2D eigenvalue weighted by molar-refractivity contribution is 7.22. The number of fused-ring (bicyclic) bond motifs is 2. The number of aromatic amines is 1. The van der Waals surface area contributed by atoms with Gasteiger partial charge >= 0.3 is 0 Å². The molecule has 31 heavy (non-hydrogen) atoms. The maximum atomic E-state index is 13.6. The summed E-state index contributed by atoms with van der Waals surface area (Å²) >= 11 is 1.54. The molecule has 0 aliphatic rings. The van der Waals surface area contributed by atoms with Crippen molar-refractivity contribution >= 4 is 55.9 Å². The van der Waals surface area contributed by atoms with Crippen LogP contribution in [0, 0.1) is 6.92 Å². The van der Waals surface area contributed by atoms with Gasteiger partial charge in [0.2, 0.25) is 0 Å². The molecule has 4 rings (SSSR count). The van der Waals surface area contributed by atoms with Crippen LogP contribution in [0.4, 0.5) is 5.13 Å². The van der Waals surface area contributed by atoms with Gasteiger partial charge in [0.15, 0.2) is 5.13 Å². The zero-order chi connectivity index (χ0) is 21.3. The van der Waals surface area contributed by atoms with Crippen LogP contribution < -0.4 is 9.64 Å². The van der Waals surface area contributed by atoms with Gasteiger partial charge in [0.1, 0.15) is 11.3 Å². The third kappa shape index (κ3) is 4.54. The van der Waals surface area contributed by atoms with E-state index in [-0.39, 0.29) is 18.3 Å². The smallest absolute Gasteiger partial charge is 0.262 e. The molecule has 0 spiro atoms. The van der Waals surface area contributed by atoms with Gasteiger partial charge in [-0.2, -0.15) is 0 Å². The highest BCUT2D eigenvalue weighted by atomic mass is 35.5. The first kappa shape index (κ1) is 23.1. The zero-order valence-electron chi connectivity index (χ0n) is 18.1. The first-order chi connectivity index (χ1) is 14.5. The highest BCUT2D eigenvalue weighted by Gasteiger charge is 2.24. The number of hydrogen-bond donors (Lipinski definition) is 1. The van der Waals surface area contributed by atoms with Crippen molar-refractivity contribution in [3.05, 3.63) is 53.7 Å². The Hall–Kier alpha value is -2.61. The van der Waals surface area contributed by atoms with Gasteiger partial charge in [-0.1, -0.05) is 35.6 Å². The van der Waals surface area contributed by atoms with Crippen LogP contribution in [0.5, 0.6) is 5.75 Å². The van der Waals surface area contributed by atoms with Gasteiger partial charge in [-0.15, -0.1) is 12.4 Å². The number of halogens is 1. The molecule has 0 aliphatic heterocycles. The van der Waals surface area contributed by atoms with Gasteiger partial charge < -0.3 is 14.6 Å². The summed E-state index contributed by atoms with van der Waals surface area (Å²) in [6, 6.07) is 11.8. The molecule has 4 aromatic rings. The Labute approximate surface area is 192 Å². The number of anilines is 1. The number of carbonyl (C=O) groups is 1. The van der Waals surface area contributed by atoms with Crippen LogP contribution in [0.25, 0.3) is 21.1 Å². The van der Waals surface area contributed by atoms with E-state index in [1.165, 1.54) is 0 Å². The average molecular weight is 459 g/mol. The molecule has 2 aromatic heterocycles. The molecule has 0 saturated heterocycles. The molecule has 0 aliphatic carbocycles. The lowest BCUT2D eigenvalue weighted by atomic mass is 10.1. The molecule has 0 unspecified atom stereocenters. The Balaban J connectivity index is 0.00000272. The second-order valence-corrected chi connectivity index (χ2v) is 8.60. The van der Waals surface area contributed by atoms with Crippen molar-refractivity contribution in [3.8, 4) is 5.75 Å². The summed E-state index contributed by atoms with van der Waals surface area (Å²) in [5.74, 6) is 0.688. The number of rotatable bonds is 7. The molecule has 0 saturated carbocycles. The zero-order valence-corrected chi connectivity index (χ0v) is 19.8. The normalized spacial score (nSPS) is 11.1. The fraction of sp³-hybridized carbons (Fsp3) is 0.304. The second-order valence-electron chi connectivity index (χ2n) is 7.62. The molecule has 8 heteroatoms. The standard InChI is InChI=1S/C23H26N4O2S.ClH/c1-15-10-11-19(29-4)20-21(15)30-23(25-20)27(13-7-12-26(2)3)22(28)17-14-24-18-9-6-5-8-16(17)18;/h5-6,8-11,14,24H,7,12-13H2,1-4H3;1H. The Kier molecular flexibility index (Phi) is 7.20. The Morgan fingerprint density at radius 1 is 1.16 bits per heavy atom. The van der Waals surface area contributed by atoms with Gasteiger partial charge in [-0.25, -0.2) is 4.98 Å². The number of hydrogen-bond acceptors (Lipinski definition) is 5. The summed E-state index contributed by atoms with van der Waals surface area (Å²) in [5.41, 5.74) is 3.55. The first-order valence-electron chi connectivity index (χ1n) is 9.96. The summed E-state index contributed by atoms with van der Waals surface area (Å²) in [7, 11) is 5.73. The third-order valence-corrected chi connectivity index (χ3v) is 6.41. The number of benzene rings is 2. The molecule has 164 valence electrons. The minimum absolute atomic E-state index is 0. The van der Waals surface area contributed by atoms with Crippen molar-refractivity contribution in [1.82, 2.24) is 14.9 Å². The molecule has 0 fully saturated rings. The fourth-order valence-electron chi connectivity index (χ4n) is 3.60. The molecular formula is C23H27ClN4O2S. The van der Waals surface area contributed by atoms with E-state index < -0.39 is 0 Å². The number of aromatic nitrogens is 2. The number of aryl methyl sites for hydroxylation is 1. The predicted octanol–water partition coefficient (Wildman–Crippen LogP) is 5.11. The van der Waals surface area contributed by atoms with E-state index in [0.717, 1.165) is 45.4 Å². The number of thiazole rings is 1. The monoisotopic (exact) mass is 458 g/mol. The molecule has 0 atom stereocenters. The van der Waals surface area contributed by atoms with Crippen molar-refractivity contribution in [3.63, 3.8) is 0 Å². The minimum Gasteiger partial charge on any atom is -0.494 e. The van der Waals surface area contributed by atoms with Crippen LogP contribution >= 0.6 is 23.7 Å². The minimum atomic E-state index is -0.0399. The number of ether oxygens (including phenoxy) is 1. The van der Waals surface area contributed by atoms with Gasteiger partial charge in [-0.05, 0) is 51.7 Å². The number of carbonyl (C=O) groups excluding carboxylic acids is 1. The highest BCUT2D eigenvalue weighted by Crippen LogP contribution is 2.37. The largest absolute Gasteiger partial charge is 0.494 e. The maximum Gasteiger partial charge on any atom is 0.262 e. The van der Waals surface area contributed by atoms with E-state index in [1.54, 1.807) is 24.6 Å². The fourth-order valence-corrected chi connectivity index (χ4v) is 4.68. The molecule has 2 heterocycles. The lowest BCUT2D eigenvalue weighted by molar-refractivity contribution is 0.0987. The Bertz CT molecular complexity index is 1200. The summed E-state index contributed by atoms with van der Waals surface area (Å²) < 4.78 is 6.56. The van der Waals surface area contributed by atoms with Crippen LogP contribution in [0.15, 0.2) is 42.6 Å². The summed E-state index contributed by atoms with van der Waals surface area (Å²) in [6.45, 7) is 3.55. The van der Waals surface area contributed by atoms with Crippen molar-refractivity contribution < 1.29 is 9.53 Å². The Morgan fingerprint density at radius 3 is 2.68 bits per heavy atom. The van der Waals surface area contributed by atoms with E-state index in [1.807, 2.05) is 55.4 Å². The van der Waals surface area contributed by atoms with Crippen LogP contribution in [-0.2, 0) is 0 Å². The lowest BCUT2D eigenvalue weighted by Gasteiger charge is -2.20. The van der Waals surface area contributed by atoms with Crippen LogP contribution in [-0.4, -0.2) is 55.1 Å². The van der Waals surface area contributed by atoms with Crippen molar-refractivity contribution in [1.29, 1.82) is 0 Å². The average Bonchev–Trinajstić information content (AvgIpc) is 3.36. The van der Waals surface area contributed by atoms with Crippen LogP contribution in [0.1, 0.15) is 22.3 Å². The molecule has 1 amide bonds. The van der Waals surface area contributed by atoms with Gasteiger partial charge in [0.05, 0.1) is 17.4 Å². The number of methoxy groups -OCH3 is 1. The van der Waals surface area contributed by atoms with E-state index >= 15 is 0 Å². The topological polar surface area (TPSA) is 61.5 Å². The van der Waals surface area contributed by atoms with Gasteiger partial charge in [0.25, 0.3) is 5.91 Å². The van der Waals surface area contributed by atoms with E-state index in [2.05, 4.69) is 16.8 Å². The van der Waals surface area contributed by atoms with Crippen LogP contribution in [0.3, 0.4) is 0 Å². The number of nitrogens with zero attached hydrogens (tertiary/aromatic N) is 3. The second kappa shape index (κ2) is 9.68. The molecule has 0 radical (unpaired) electrons. The quantitative estimate of drug-likeness (QED) is 0.417. The van der Waals surface area contributed by atoms with Gasteiger partial charge in [-0.3, -0.25) is 9.69 Å². The molecular weight excluding hydrogens is 432 g/mol. The van der Waals surface area contributed by atoms with E-state index in [9.17, 15) is 4.79 Å². The van der Waals surface area contributed by atoms with Gasteiger partial charge in [0, 0.05) is 23.6 Å². The summed E-state index contributed by atoms with van der Waals surface area (Å²) in [5, 5.41) is 1.63. The maximum absolute atomic E-state index is 13.6. The number of para-hydroxylation sites is 1. The Morgan fingerprint density at radius 2 is 1.94 bits per heavy atom. The van der Waals surface area contributed by atoms with Crippen molar-refractivity contribution in [2.75, 3.05) is 39.2 Å². The lowest BCUT2D eigenvalue weighted by Crippen LogP contribution is -2.33.